The number of hydrogen-bond donors (Lipinski definition) is 0. The second-order valence-corrected chi connectivity index (χ2v) is 4.94. The highest BCUT2D eigenvalue weighted by atomic mass is 16.5. The number of fused-ring (bicyclic) bond motifs is 1. The highest BCUT2D eigenvalue weighted by molar-refractivity contribution is 5.83. The third-order valence-corrected chi connectivity index (χ3v) is 3.55. The van der Waals surface area contributed by atoms with Crippen LogP contribution in [-0.2, 0) is 0 Å². The second kappa shape index (κ2) is 5.88. The Labute approximate surface area is 124 Å². The minimum Gasteiger partial charge on any atom is -0.493 e. The Balaban J connectivity index is 1.88. The Morgan fingerprint density at radius 1 is 0.952 bits per heavy atom. The summed E-state index contributed by atoms with van der Waals surface area (Å²) in [5, 5.41) is 2.45. The molecule has 0 aliphatic rings. The Kier molecular flexibility index (Phi) is 3.78. The number of rotatable bonds is 4. The van der Waals surface area contributed by atoms with Crippen LogP contribution in [0.3, 0.4) is 0 Å². The lowest BCUT2D eigenvalue weighted by Crippen LogP contribution is -2.04. The van der Waals surface area contributed by atoms with Crippen molar-refractivity contribution in [3.05, 3.63) is 72.3 Å². The average Bonchev–Trinajstić information content (AvgIpc) is 2.55. The van der Waals surface area contributed by atoms with Gasteiger partial charge in [-0.05, 0) is 47.5 Å². The van der Waals surface area contributed by atoms with Gasteiger partial charge >= 0.3 is 0 Å². The summed E-state index contributed by atoms with van der Waals surface area (Å²) in [4.78, 5) is 0. The highest BCUT2D eigenvalue weighted by Crippen LogP contribution is 2.31. The molecule has 3 rings (SSSR count). The molecule has 0 amide bonds. The first-order chi connectivity index (χ1) is 10.3. The molecule has 0 saturated carbocycles. The number of methoxy groups -OCH3 is 1. The Morgan fingerprint density at radius 3 is 2.57 bits per heavy atom. The molecule has 0 aliphatic heterocycles. The minimum atomic E-state index is -0.0562. The van der Waals surface area contributed by atoms with Crippen molar-refractivity contribution in [3.8, 4) is 11.5 Å². The highest BCUT2D eigenvalue weighted by Gasteiger charge is 2.11. The van der Waals surface area contributed by atoms with Crippen molar-refractivity contribution in [1.29, 1.82) is 0 Å². The van der Waals surface area contributed by atoms with Gasteiger partial charge in [0, 0.05) is 0 Å². The van der Waals surface area contributed by atoms with Crippen LogP contribution >= 0.6 is 0 Å². The van der Waals surface area contributed by atoms with Crippen molar-refractivity contribution in [2.24, 2.45) is 0 Å². The summed E-state index contributed by atoms with van der Waals surface area (Å²) in [6, 6.07) is 23.2. The summed E-state index contributed by atoms with van der Waals surface area (Å²) in [5.74, 6) is 1.43. The molecule has 0 N–H and O–H groups in total. The van der Waals surface area contributed by atoms with Crippen LogP contribution in [0.4, 0.5) is 0 Å². The van der Waals surface area contributed by atoms with Crippen molar-refractivity contribution in [2.45, 2.75) is 13.0 Å². The lowest BCUT2D eigenvalue weighted by Gasteiger charge is -2.17. The maximum atomic E-state index is 6.02. The van der Waals surface area contributed by atoms with E-state index < -0.39 is 0 Å². The first kappa shape index (κ1) is 13.5. The fraction of sp³-hybridized carbons (Fsp3) is 0.158. The zero-order chi connectivity index (χ0) is 14.7. The molecule has 3 aromatic carbocycles. The predicted octanol–water partition coefficient (Wildman–Crippen LogP) is 4.79. The molecule has 105 valence electrons. The van der Waals surface area contributed by atoms with Crippen molar-refractivity contribution >= 4 is 10.8 Å². The van der Waals surface area contributed by atoms with Gasteiger partial charge in [-0.2, -0.15) is 0 Å². The minimum absolute atomic E-state index is 0.0562. The maximum Gasteiger partial charge on any atom is 0.162 e. The topological polar surface area (TPSA) is 18.5 Å². The first-order valence-electron chi connectivity index (χ1n) is 6.97. The van der Waals surface area contributed by atoms with E-state index in [0.29, 0.717) is 5.75 Å². The van der Waals surface area contributed by atoms with Gasteiger partial charge in [0.25, 0.3) is 0 Å². The van der Waals surface area contributed by atoms with E-state index in [1.165, 1.54) is 10.8 Å². The zero-order valence-corrected chi connectivity index (χ0v) is 12.2. The maximum absolute atomic E-state index is 6.02. The van der Waals surface area contributed by atoms with Gasteiger partial charge in [0.2, 0.25) is 0 Å². The van der Waals surface area contributed by atoms with Crippen LogP contribution in [0.5, 0.6) is 11.5 Å². The molecule has 1 unspecified atom stereocenters. The van der Waals surface area contributed by atoms with E-state index in [-0.39, 0.29) is 6.10 Å². The summed E-state index contributed by atoms with van der Waals surface area (Å²) in [6.45, 7) is 2.04. The summed E-state index contributed by atoms with van der Waals surface area (Å²) in [7, 11) is 1.64. The molecular weight excluding hydrogens is 260 g/mol. The molecule has 3 aromatic rings. The van der Waals surface area contributed by atoms with Gasteiger partial charge in [0.1, 0.15) is 6.10 Å². The molecule has 0 bridgehead atoms. The Bertz CT molecular complexity index is 749. The van der Waals surface area contributed by atoms with Crippen LogP contribution < -0.4 is 9.47 Å². The van der Waals surface area contributed by atoms with E-state index in [9.17, 15) is 0 Å². The second-order valence-electron chi connectivity index (χ2n) is 4.94. The molecule has 0 heterocycles. The smallest absolute Gasteiger partial charge is 0.162 e. The quantitative estimate of drug-likeness (QED) is 0.682. The van der Waals surface area contributed by atoms with Gasteiger partial charge in [-0.25, -0.2) is 0 Å². The van der Waals surface area contributed by atoms with Crippen molar-refractivity contribution in [2.75, 3.05) is 7.11 Å². The van der Waals surface area contributed by atoms with Crippen LogP contribution in [-0.4, -0.2) is 7.11 Å². The molecule has 0 saturated heterocycles. The van der Waals surface area contributed by atoms with Crippen LogP contribution in [0.2, 0.25) is 0 Å². The molecule has 0 fully saturated rings. The van der Waals surface area contributed by atoms with Gasteiger partial charge in [-0.3, -0.25) is 0 Å². The van der Waals surface area contributed by atoms with Crippen LogP contribution in [0.1, 0.15) is 18.6 Å². The van der Waals surface area contributed by atoms with Gasteiger partial charge in [-0.1, -0.05) is 42.5 Å². The Morgan fingerprint density at radius 2 is 1.76 bits per heavy atom. The average molecular weight is 277 g/mol. The molecule has 0 aromatic heterocycles. The van der Waals surface area contributed by atoms with Crippen molar-refractivity contribution in [3.63, 3.8) is 0 Å². The first-order valence-corrected chi connectivity index (χ1v) is 6.97. The summed E-state index contributed by atoms with van der Waals surface area (Å²) < 4.78 is 11.3. The SMILES string of the molecule is COc1cc[c]cc1OC(C)c1ccc2ccccc2c1. The van der Waals surface area contributed by atoms with E-state index in [1.807, 2.05) is 31.2 Å². The van der Waals surface area contributed by atoms with Gasteiger partial charge in [0.05, 0.1) is 7.11 Å². The summed E-state index contributed by atoms with van der Waals surface area (Å²) in [6.07, 6.45) is -0.0562. The molecule has 1 radical (unpaired) electrons. The molecule has 21 heavy (non-hydrogen) atoms. The molecule has 2 heteroatoms. The number of ether oxygens (including phenoxy) is 2. The number of benzene rings is 3. The molecule has 1 atom stereocenters. The number of hydrogen-bond acceptors (Lipinski definition) is 2. The standard InChI is InChI=1S/C19H17O2/c1-14(21-19-10-6-5-9-18(19)20-2)16-12-11-15-7-3-4-8-17(15)13-16/h3-5,7-14H,1-2H3. The monoisotopic (exact) mass is 277 g/mol. The lowest BCUT2D eigenvalue weighted by molar-refractivity contribution is 0.216. The van der Waals surface area contributed by atoms with Gasteiger partial charge in [0.15, 0.2) is 11.5 Å². The summed E-state index contributed by atoms with van der Waals surface area (Å²) in [5.41, 5.74) is 1.14. The Hall–Kier alpha value is -2.48. The third-order valence-electron chi connectivity index (χ3n) is 3.55. The predicted molar refractivity (Wildman–Crippen MR) is 84.8 cm³/mol. The van der Waals surface area contributed by atoms with Crippen molar-refractivity contribution < 1.29 is 9.47 Å². The van der Waals surface area contributed by atoms with E-state index in [2.05, 4.69) is 36.4 Å². The van der Waals surface area contributed by atoms with Crippen LogP contribution in [0, 0.1) is 6.07 Å². The summed E-state index contributed by atoms with van der Waals surface area (Å²) >= 11 is 0. The van der Waals surface area contributed by atoms with E-state index in [0.717, 1.165) is 11.3 Å². The van der Waals surface area contributed by atoms with Crippen LogP contribution in [0.15, 0.2) is 60.7 Å². The molecule has 0 aliphatic carbocycles. The van der Waals surface area contributed by atoms with E-state index >= 15 is 0 Å². The molecule has 0 spiro atoms. The van der Waals surface area contributed by atoms with Crippen LogP contribution in [0.25, 0.3) is 10.8 Å². The van der Waals surface area contributed by atoms with Crippen molar-refractivity contribution in [1.82, 2.24) is 0 Å². The van der Waals surface area contributed by atoms with E-state index in [1.54, 1.807) is 13.2 Å². The molecule has 2 nitrogen and oxygen atoms in total. The molecular formula is C19H17O2. The third kappa shape index (κ3) is 2.84. The van der Waals surface area contributed by atoms with E-state index in [4.69, 9.17) is 9.47 Å². The largest absolute Gasteiger partial charge is 0.493 e. The fourth-order valence-corrected chi connectivity index (χ4v) is 2.38. The lowest BCUT2D eigenvalue weighted by atomic mass is 10.0. The van der Waals surface area contributed by atoms with Gasteiger partial charge in [-0.15, -0.1) is 0 Å². The fourth-order valence-electron chi connectivity index (χ4n) is 2.38. The normalized spacial score (nSPS) is 12.1. The zero-order valence-electron chi connectivity index (χ0n) is 12.2. The van der Waals surface area contributed by atoms with Gasteiger partial charge < -0.3 is 9.47 Å².